The average molecular weight is 270 g/mol. The van der Waals surface area contributed by atoms with E-state index < -0.39 is 15.8 Å². The van der Waals surface area contributed by atoms with Gasteiger partial charge in [0.1, 0.15) is 0 Å². The largest absolute Gasteiger partial charge is 0.350 e. The fourth-order valence-corrected chi connectivity index (χ4v) is 2.91. The van der Waals surface area contributed by atoms with Gasteiger partial charge in [-0.3, -0.25) is 0 Å². The molecule has 17 heavy (non-hydrogen) atoms. The number of hydrogen-bond acceptors (Lipinski definition) is 3. The van der Waals surface area contributed by atoms with Gasteiger partial charge in [-0.2, -0.15) is 13.1 Å². The number of rotatable bonds is 6. The van der Waals surface area contributed by atoms with Crippen LogP contribution < -0.4 is 5.32 Å². The summed E-state index contributed by atoms with van der Waals surface area (Å²) in [5.74, 6) is -2.90. The molecule has 1 fully saturated rings. The second kappa shape index (κ2) is 6.61. The number of alkyl halides is 2. The Morgan fingerprint density at radius 1 is 1.35 bits per heavy atom. The number of hydrogen-bond donors (Lipinski definition) is 1. The Hall–Kier alpha value is -0.270. The fourth-order valence-electron chi connectivity index (χ4n) is 1.96. The van der Waals surface area contributed by atoms with E-state index in [0.717, 1.165) is 23.8 Å². The van der Waals surface area contributed by atoms with E-state index in [2.05, 4.69) is 12.2 Å². The number of piperidine rings is 1. The van der Waals surface area contributed by atoms with Crippen molar-refractivity contribution in [2.24, 2.45) is 5.92 Å². The fraction of sp³-hybridized carbons (Fsp3) is 1.00. The number of nitrogens with one attached hydrogen (secondary N) is 1. The van der Waals surface area contributed by atoms with Crippen LogP contribution in [-0.4, -0.2) is 44.7 Å². The summed E-state index contributed by atoms with van der Waals surface area (Å²) in [5, 5.41) is 3.26. The monoisotopic (exact) mass is 270 g/mol. The topological polar surface area (TPSA) is 49.4 Å². The summed E-state index contributed by atoms with van der Waals surface area (Å²) in [6.45, 7) is 4.28. The van der Waals surface area contributed by atoms with Crippen LogP contribution in [0.15, 0.2) is 0 Å². The zero-order valence-corrected chi connectivity index (χ0v) is 10.8. The normalized spacial score (nSPS) is 20.0. The highest BCUT2D eigenvalue weighted by Crippen LogP contribution is 2.21. The van der Waals surface area contributed by atoms with Crippen molar-refractivity contribution in [3.63, 3.8) is 0 Å². The molecule has 4 nitrogen and oxygen atoms in total. The second-order valence-corrected chi connectivity index (χ2v) is 6.25. The van der Waals surface area contributed by atoms with Gasteiger partial charge in [0.15, 0.2) is 0 Å². The molecule has 0 atom stereocenters. The van der Waals surface area contributed by atoms with Crippen molar-refractivity contribution in [1.29, 1.82) is 0 Å². The highest BCUT2D eigenvalue weighted by molar-refractivity contribution is 7.89. The summed E-state index contributed by atoms with van der Waals surface area (Å²) in [6.07, 6.45) is 2.37. The van der Waals surface area contributed by atoms with E-state index in [4.69, 9.17) is 0 Å². The lowest BCUT2D eigenvalue weighted by atomic mass is 9.98. The quantitative estimate of drug-likeness (QED) is 0.739. The zero-order valence-electron chi connectivity index (χ0n) is 10.0. The summed E-state index contributed by atoms with van der Waals surface area (Å²) in [6, 6.07) is 0. The summed E-state index contributed by atoms with van der Waals surface area (Å²) in [7, 11) is -4.37. The standard InChI is InChI=1S/C10H20F2N2O2S/c1-2-5-13-8-9-3-6-14(7-4-9)17(15,16)10(11)12/h9-10,13H,2-8H2,1H3. The first-order chi connectivity index (χ1) is 7.98. The van der Waals surface area contributed by atoms with Gasteiger partial charge in [-0.15, -0.1) is 0 Å². The minimum Gasteiger partial charge on any atom is -0.316 e. The van der Waals surface area contributed by atoms with Crippen molar-refractivity contribution in [3.8, 4) is 0 Å². The van der Waals surface area contributed by atoms with Crippen LogP contribution >= 0.6 is 0 Å². The van der Waals surface area contributed by atoms with E-state index >= 15 is 0 Å². The van der Waals surface area contributed by atoms with Crippen LogP contribution in [0.1, 0.15) is 26.2 Å². The Morgan fingerprint density at radius 2 is 1.94 bits per heavy atom. The van der Waals surface area contributed by atoms with E-state index in [0.29, 0.717) is 18.8 Å². The van der Waals surface area contributed by atoms with E-state index in [-0.39, 0.29) is 13.1 Å². The predicted octanol–water partition coefficient (Wildman–Crippen LogP) is 1.25. The lowest BCUT2D eigenvalue weighted by Crippen LogP contribution is -2.43. The predicted molar refractivity (Wildman–Crippen MR) is 62.4 cm³/mol. The maximum atomic E-state index is 12.3. The first-order valence-electron chi connectivity index (χ1n) is 5.96. The van der Waals surface area contributed by atoms with Gasteiger partial charge in [0.05, 0.1) is 0 Å². The van der Waals surface area contributed by atoms with Gasteiger partial charge < -0.3 is 5.32 Å². The molecule has 0 aromatic heterocycles. The van der Waals surface area contributed by atoms with Gasteiger partial charge in [0.2, 0.25) is 0 Å². The van der Waals surface area contributed by atoms with Crippen LogP contribution in [0.4, 0.5) is 8.78 Å². The Labute approximate surface area is 101 Å². The molecule has 102 valence electrons. The molecule has 7 heteroatoms. The molecular weight excluding hydrogens is 250 g/mol. The summed E-state index contributed by atoms with van der Waals surface area (Å²) in [4.78, 5) is 0. The molecule has 0 aromatic carbocycles. The van der Waals surface area contributed by atoms with Crippen LogP contribution in [0, 0.1) is 5.92 Å². The molecule has 1 rings (SSSR count). The van der Waals surface area contributed by atoms with Crippen LogP contribution in [0.25, 0.3) is 0 Å². The van der Waals surface area contributed by atoms with Crippen LogP contribution in [0.2, 0.25) is 0 Å². The molecule has 0 aliphatic carbocycles. The van der Waals surface area contributed by atoms with Crippen LogP contribution in [0.3, 0.4) is 0 Å². The molecule has 0 radical (unpaired) electrons. The van der Waals surface area contributed by atoms with Crippen molar-refractivity contribution >= 4 is 10.0 Å². The average Bonchev–Trinajstić information content (AvgIpc) is 2.30. The number of sulfonamides is 1. The van der Waals surface area contributed by atoms with Crippen molar-refractivity contribution in [3.05, 3.63) is 0 Å². The number of nitrogens with zero attached hydrogens (tertiary/aromatic N) is 1. The molecule has 1 aliphatic heterocycles. The van der Waals surface area contributed by atoms with Crippen molar-refractivity contribution in [2.75, 3.05) is 26.2 Å². The molecule has 1 saturated heterocycles. The summed E-state index contributed by atoms with van der Waals surface area (Å²) >= 11 is 0. The first-order valence-corrected chi connectivity index (χ1v) is 7.46. The molecule has 0 bridgehead atoms. The van der Waals surface area contributed by atoms with Crippen LogP contribution in [-0.2, 0) is 10.0 Å². The molecular formula is C10H20F2N2O2S. The Kier molecular flexibility index (Phi) is 5.75. The van der Waals surface area contributed by atoms with Crippen molar-refractivity contribution < 1.29 is 17.2 Å². The molecule has 0 spiro atoms. The molecule has 1 heterocycles. The molecule has 1 N–H and O–H groups in total. The molecule has 0 unspecified atom stereocenters. The van der Waals surface area contributed by atoms with E-state index in [1.165, 1.54) is 0 Å². The highest BCUT2D eigenvalue weighted by Gasteiger charge is 2.34. The molecule has 0 aromatic rings. The van der Waals surface area contributed by atoms with Gasteiger partial charge in [0.25, 0.3) is 10.0 Å². The Bertz CT molecular complexity index is 314. The second-order valence-electron chi connectivity index (χ2n) is 4.35. The van der Waals surface area contributed by atoms with Gasteiger partial charge in [-0.1, -0.05) is 6.92 Å². The molecule has 0 amide bonds. The van der Waals surface area contributed by atoms with Crippen molar-refractivity contribution in [1.82, 2.24) is 9.62 Å². The maximum Gasteiger partial charge on any atom is 0.350 e. The van der Waals surface area contributed by atoms with Crippen LogP contribution in [0.5, 0.6) is 0 Å². The van der Waals surface area contributed by atoms with Gasteiger partial charge in [-0.25, -0.2) is 8.42 Å². The summed E-state index contributed by atoms with van der Waals surface area (Å²) in [5.41, 5.74) is 0. The smallest absolute Gasteiger partial charge is 0.316 e. The maximum absolute atomic E-state index is 12.3. The lowest BCUT2D eigenvalue weighted by Gasteiger charge is -2.30. The number of halogens is 2. The Morgan fingerprint density at radius 3 is 2.41 bits per heavy atom. The van der Waals surface area contributed by atoms with Crippen molar-refractivity contribution in [2.45, 2.75) is 31.9 Å². The third kappa shape index (κ3) is 4.15. The minimum absolute atomic E-state index is 0.213. The zero-order chi connectivity index (χ0) is 12.9. The van der Waals surface area contributed by atoms with Gasteiger partial charge in [-0.05, 0) is 38.3 Å². The third-order valence-corrected chi connectivity index (χ3v) is 4.55. The lowest BCUT2D eigenvalue weighted by molar-refractivity contribution is 0.203. The van der Waals surface area contributed by atoms with Gasteiger partial charge >= 0.3 is 5.76 Å². The molecule has 1 aliphatic rings. The van der Waals surface area contributed by atoms with E-state index in [1.54, 1.807) is 0 Å². The highest BCUT2D eigenvalue weighted by atomic mass is 32.2. The Balaban J connectivity index is 2.36. The summed E-state index contributed by atoms with van der Waals surface area (Å²) < 4.78 is 47.9. The van der Waals surface area contributed by atoms with Gasteiger partial charge in [0, 0.05) is 13.1 Å². The SMILES string of the molecule is CCCNCC1CCN(S(=O)(=O)C(F)F)CC1. The molecule has 0 saturated carbocycles. The first kappa shape index (κ1) is 14.8. The third-order valence-electron chi connectivity index (χ3n) is 3.02. The van der Waals surface area contributed by atoms with E-state index in [9.17, 15) is 17.2 Å². The van der Waals surface area contributed by atoms with E-state index in [1.807, 2.05) is 0 Å². The minimum atomic E-state index is -4.37.